The number of furan rings is 2. The van der Waals surface area contributed by atoms with E-state index in [1.54, 1.807) is 0 Å². The van der Waals surface area contributed by atoms with Crippen molar-refractivity contribution < 1.29 is 8.83 Å². The highest BCUT2D eigenvalue weighted by Gasteiger charge is 2.25. The number of hydrogen-bond acceptors (Lipinski definition) is 4. The first-order valence-corrected chi connectivity index (χ1v) is 12.9. The second kappa shape index (κ2) is 5.95. The molecule has 0 aliphatic rings. The Balaban J connectivity index is 1.36. The molecule has 0 spiro atoms. The molecule has 0 atom stereocenters. The predicted octanol–water partition coefficient (Wildman–Crippen LogP) is 7.93. The predicted molar refractivity (Wildman–Crippen MR) is 153 cm³/mol. The van der Waals surface area contributed by atoms with Crippen molar-refractivity contribution in [1.82, 2.24) is 23.2 Å². The molecule has 7 nitrogen and oxygen atoms in total. The fraction of sp³-hybridized carbons (Fsp3) is 0. The second-order valence-corrected chi connectivity index (χ2v) is 10.3. The molecule has 0 amide bonds. The molecule has 0 saturated heterocycles. The molecule has 39 heavy (non-hydrogen) atoms. The van der Waals surface area contributed by atoms with Crippen LogP contribution in [0.25, 0.3) is 94.0 Å². The van der Waals surface area contributed by atoms with E-state index in [1.807, 2.05) is 36.4 Å². The lowest BCUT2D eigenvalue weighted by molar-refractivity contribution is 0.669. The van der Waals surface area contributed by atoms with Gasteiger partial charge < -0.3 is 8.83 Å². The van der Waals surface area contributed by atoms with Crippen LogP contribution in [0.3, 0.4) is 0 Å². The van der Waals surface area contributed by atoms with E-state index in [-0.39, 0.29) is 0 Å². The quantitative estimate of drug-likeness (QED) is 0.212. The van der Waals surface area contributed by atoms with Gasteiger partial charge in [-0.1, -0.05) is 42.5 Å². The Morgan fingerprint density at radius 1 is 0.462 bits per heavy atom. The van der Waals surface area contributed by atoms with Gasteiger partial charge in [0.15, 0.2) is 5.58 Å². The number of imidazole rings is 4. The van der Waals surface area contributed by atoms with Crippen molar-refractivity contribution in [2.24, 2.45) is 0 Å². The number of fused-ring (bicyclic) bond motifs is 17. The third kappa shape index (κ3) is 1.97. The molecule has 0 bridgehead atoms. The molecule has 0 fully saturated rings. The number of benzene rings is 5. The Morgan fingerprint density at radius 2 is 1.18 bits per heavy atom. The average Bonchev–Trinajstić information content (AvgIpc) is 3.77. The maximum Gasteiger partial charge on any atom is 0.223 e. The molecule has 180 valence electrons. The van der Waals surface area contributed by atoms with Gasteiger partial charge in [-0.05, 0) is 42.5 Å². The lowest BCUT2D eigenvalue weighted by Crippen LogP contribution is -1.87. The first-order valence-electron chi connectivity index (χ1n) is 12.9. The number of nitrogens with zero attached hydrogens (tertiary/aromatic N) is 5. The fourth-order valence-corrected chi connectivity index (χ4v) is 6.78. The highest BCUT2D eigenvalue weighted by atomic mass is 16.3. The molecule has 0 aliphatic carbocycles. The summed E-state index contributed by atoms with van der Waals surface area (Å²) in [5.74, 6) is 1.66. The lowest BCUT2D eigenvalue weighted by Gasteiger charge is -1.98. The van der Waals surface area contributed by atoms with Crippen LogP contribution in [0.2, 0.25) is 0 Å². The van der Waals surface area contributed by atoms with Crippen molar-refractivity contribution in [2.45, 2.75) is 0 Å². The van der Waals surface area contributed by atoms with Crippen molar-refractivity contribution in [1.29, 1.82) is 0 Å². The van der Waals surface area contributed by atoms with Gasteiger partial charge in [-0.3, -0.25) is 8.80 Å². The molecular weight excluding hydrogens is 486 g/mol. The number of hydrogen-bond donors (Lipinski definition) is 0. The number of rotatable bonds is 0. The topological polar surface area (TPSA) is 65.3 Å². The number of aromatic nitrogens is 5. The van der Waals surface area contributed by atoms with Crippen LogP contribution in [0.4, 0.5) is 0 Å². The third-order valence-corrected chi connectivity index (χ3v) is 8.38. The van der Waals surface area contributed by atoms with Crippen LogP contribution < -0.4 is 0 Å². The monoisotopic (exact) mass is 501 g/mol. The summed E-state index contributed by atoms with van der Waals surface area (Å²) in [7, 11) is 0. The summed E-state index contributed by atoms with van der Waals surface area (Å²) in [5.41, 5.74) is 10.5. The van der Waals surface area contributed by atoms with Gasteiger partial charge in [0.05, 0.1) is 27.6 Å². The standard InChI is InChI=1S/C32H15N5O2/c1-4-11-26-16(6-1)18-12-13-20-28(30(18)39-26)36-23-9-5-8-22-29(23)37(32(36)33-20)31-34-21-14-19-17-7-2-3-10-25(17)38-27(19)15-24(21)35(22)31/h1-15H. The summed E-state index contributed by atoms with van der Waals surface area (Å²) in [5, 5.41) is 4.38. The van der Waals surface area contributed by atoms with E-state index in [9.17, 15) is 0 Å². The van der Waals surface area contributed by atoms with Crippen molar-refractivity contribution in [3.63, 3.8) is 0 Å². The zero-order chi connectivity index (χ0) is 25.0. The largest absolute Gasteiger partial charge is 0.456 e. The zero-order valence-corrected chi connectivity index (χ0v) is 20.2. The minimum Gasteiger partial charge on any atom is -0.456 e. The smallest absolute Gasteiger partial charge is 0.223 e. The SMILES string of the molecule is c1ccc2c(c1)oc1cc3c(cc12)nc1n3c2cccc3c2n1c1nc2ccc4c5ccccc5oc4c2n31. The molecular formula is C32H15N5O2. The molecule has 0 aliphatic heterocycles. The van der Waals surface area contributed by atoms with Crippen molar-refractivity contribution in [3.8, 4) is 0 Å². The number of para-hydroxylation sites is 3. The van der Waals surface area contributed by atoms with Gasteiger partial charge in [-0.25, -0.2) is 14.4 Å². The normalized spacial score (nSPS) is 13.1. The fourth-order valence-electron chi connectivity index (χ4n) is 6.78. The van der Waals surface area contributed by atoms with E-state index in [2.05, 4.69) is 67.8 Å². The van der Waals surface area contributed by atoms with Crippen molar-refractivity contribution in [2.75, 3.05) is 0 Å². The summed E-state index contributed by atoms with van der Waals surface area (Å²) in [6.07, 6.45) is 0. The molecule has 6 heterocycles. The van der Waals surface area contributed by atoms with Crippen LogP contribution in [0.1, 0.15) is 0 Å². The van der Waals surface area contributed by atoms with Gasteiger partial charge in [0.1, 0.15) is 27.8 Å². The Hall–Kier alpha value is -5.56. The minimum absolute atomic E-state index is 0.823. The van der Waals surface area contributed by atoms with E-state index < -0.39 is 0 Å². The van der Waals surface area contributed by atoms with Crippen LogP contribution in [-0.2, 0) is 0 Å². The Bertz CT molecular complexity index is 2840. The molecule has 0 radical (unpaired) electrons. The highest BCUT2D eigenvalue weighted by Crippen LogP contribution is 2.40. The molecule has 5 aromatic carbocycles. The van der Waals surface area contributed by atoms with E-state index >= 15 is 0 Å². The summed E-state index contributed by atoms with van der Waals surface area (Å²) >= 11 is 0. The van der Waals surface area contributed by atoms with Gasteiger partial charge in [0.25, 0.3) is 0 Å². The average molecular weight is 502 g/mol. The Kier molecular flexibility index (Phi) is 2.84. The lowest BCUT2D eigenvalue weighted by atomic mass is 10.1. The second-order valence-electron chi connectivity index (χ2n) is 10.3. The molecule has 0 saturated carbocycles. The van der Waals surface area contributed by atoms with Crippen molar-refractivity contribution >= 4 is 94.0 Å². The first kappa shape index (κ1) is 18.6. The summed E-state index contributed by atoms with van der Waals surface area (Å²) < 4.78 is 19.3. The van der Waals surface area contributed by atoms with Crippen LogP contribution in [0.15, 0.2) is 99.8 Å². The minimum atomic E-state index is 0.823. The van der Waals surface area contributed by atoms with Crippen molar-refractivity contribution in [3.05, 3.63) is 91.0 Å². The van der Waals surface area contributed by atoms with Crippen LogP contribution in [0, 0.1) is 0 Å². The first-order chi connectivity index (χ1) is 19.3. The highest BCUT2D eigenvalue weighted by molar-refractivity contribution is 6.16. The maximum absolute atomic E-state index is 6.43. The molecule has 11 aromatic rings. The molecule has 0 unspecified atom stereocenters. The maximum atomic E-state index is 6.43. The van der Waals surface area contributed by atoms with Gasteiger partial charge in [0, 0.05) is 27.6 Å². The zero-order valence-electron chi connectivity index (χ0n) is 20.2. The third-order valence-electron chi connectivity index (χ3n) is 8.38. The van der Waals surface area contributed by atoms with Gasteiger partial charge >= 0.3 is 0 Å². The van der Waals surface area contributed by atoms with E-state index in [0.29, 0.717) is 0 Å². The summed E-state index contributed by atoms with van der Waals surface area (Å²) in [4.78, 5) is 10.3. The van der Waals surface area contributed by atoms with Gasteiger partial charge in [-0.2, -0.15) is 0 Å². The van der Waals surface area contributed by atoms with Gasteiger partial charge in [-0.15, -0.1) is 0 Å². The van der Waals surface area contributed by atoms with Crippen LogP contribution in [-0.4, -0.2) is 23.2 Å². The van der Waals surface area contributed by atoms with E-state index in [1.165, 1.54) is 0 Å². The summed E-state index contributed by atoms with van der Waals surface area (Å²) in [6.45, 7) is 0. The molecule has 7 heteroatoms. The van der Waals surface area contributed by atoms with Crippen LogP contribution in [0.5, 0.6) is 0 Å². The van der Waals surface area contributed by atoms with Gasteiger partial charge in [0.2, 0.25) is 11.6 Å². The molecule has 0 N–H and O–H groups in total. The van der Waals surface area contributed by atoms with E-state index in [4.69, 9.17) is 18.8 Å². The Labute approximate surface area is 217 Å². The molecule has 11 rings (SSSR count). The Morgan fingerprint density at radius 3 is 2.05 bits per heavy atom. The summed E-state index contributed by atoms with van der Waals surface area (Å²) in [6, 6.07) is 31.2. The van der Waals surface area contributed by atoms with Crippen LogP contribution >= 0.6 is 0 Å². The molecule has 6 aromatic heterocycles. The van der Waals surface area contributed by atoms with E-state index in [0.717, 1.165) is 94.0 Å².